The molecule has 0 bridgehead atoms. The largest absolute Gasteiger partial charge is 1.00 e. The number of furan rings is 2. The normalized spacial score (nSPS) is 10.3. The van der Waals surface area contributed by atoms with Crippen LogP contribution in [-0.4, -0.2) is 11.8 Å². The van der Waals surface area contributed by atoms with Gasteiger partial charge in [0.2, 0.25) is 0 Å². The molecular formula is C82H60Au4O2P4+4. The molecule has 14 aromatic rings. The van der Waals surface area contributed by atoms with E-state index in [-0.39, 0.29) is 89.5 Å². The first kappa shape index (κ1) is 72.6. The maximum absolute atomic E-state index is 7.13. The van der Waals surface area contributed by atoms with Crippen LogP contribution in [0.2, 0.25) is 0 Å². The van der Waals surface area contributed by atoms with Gasteiger partial charge in [-0.3, -0.25) is 23.7 Å². The summed E-state index contributed by atoms with van der Waals surface area (Å²) in [5, 5.41) is 15.9. The standard InChI is InChI=1S/2C25H22P2.2C16H6O.4Au/c2*1-5-13-22(14-6-1)26(23-15-7-2-8-16-23)21-27(24-17-9-3-10-18-24)25-19-11-4-12-20-25;2*1-3-11-6-8-15-14(9-11)13-7-5-12(4-2)10-16(13)17-15;;;;/h2*1-20H,21H2;2*5-10H;;;;/q;;2*-2;4*+1/p+4. The maximum atomic E-state index is 7.13. The molecule has 92 heavy (non-hydrogen) atoms. The van der Waals surface area contributed by atoms with E-state index in [9.17, 15) is 0 Å². The summed E-state index contributed by atoms with van der Waals surface area (Å²) in [6.07, 6.45) is 28.4. The van der Waals surface area contributed by atoms with Gasteiger partial charge in [-0.2, -0.15) is 0 Å². The van der Waals surface area contributed by atoms with Crippen molar-refractivity contribution in [3.8, 4) is 23.7 Å². The first-order valence-corrected chi connectivity index (χ1v) is 35.8. The molecule has 0 saturated heterocycles. The summed E-state index contributed by atoms with van der Waals surface area (Å²) in [6, 6.07) is 111. The van der Waals surface area contributed by atoms with Crippen molar-refractivity contribution >= 4 is 118 Å². The average molecular weight is 1990 g/mol. The zero-order valence-electron chi connectivity index (χ0n) is 49.5. The van der Waals surface area contributed by atoms with Gasteiger partial charge in [0.05, 0.1) is 0 Å². The fourth-order valence-corrected chi connectivity index (χ4v) is 26.3. The van der Waals surface area contributed by atoms with Gasteiger partial charge in [-0.05, 0) is 109 Å². The second-order valence-electron chi connectivity index (χ2n) is 20.7. The van der Waals surface area contributed by atoms with E-state index < -0.39 is 31.7 Å². The molecule has 14 rings (SSSR count). The van der Waals surface area contributed by atoms with Crippen molar-refractivity contribution in [2.75, 3.05) is 11.8 Å². The van der Waals surface area contributed by atoms with Crippen LogP contribution in [0.4, 0.5) is 0 Å². The summed E-state index contributed by atoms with van der Waals surface area (Å²) >= 11 is 0. The Morgan fingerprint density at radius 3 is 0.620 bits per heavy atom. The van der Waals surface area contributed by atoms with Gasteiger partial charge in [0.25, 0.3) is 0 Å². The third-order valence-electron chi connectivity index (χ3n) is 15.2. The van der Waals surface area contributed by atoms with Crippen LogP contribution in [0.1, 0.15) is 22.3 Å². The molecule has 0 atom stereocenters. The van der Waals surface area contributed by atoms with E-state index in [0.29, 0.717) is 11.1 Å². The van der Waals surface area contributed by atoms with Gasteiger partial charge in [0.1, 0.15) is 96.5 Å². The Balaban J connectivity index is 0.000000175. The monoisotopic (exact) mass is 1990 g/mol. The van der Waals surface area contributed by atoms with E-state index in [1.807, 2.05) is 48.5 Å². The van der Waals surface area contributed by atoms with E-state index in [2.05, 4.69) is 266 Å². The fraction of sp³-hybridized carbons (Fsp3) is 0.0244. The molecule has 0 spiro atoms. The SMILES string of the molecule is [Au+].[Au+].[Au+].[Au+].[C-]#Cc1ccc2c(c1)oc1ccc(C#[C-])cc12.[C-]#Cc1ccc2c(c1)oc1ccc(C#[C-])cc12.c1ccc([PH+](C[PH+](c2ccccc2)c2ccccc2)c2ccccc2)cc1.c1ccc([PH+](C[PH+](c2ccccc2)c2ccccc2)c2ccccc2)cc1. The molecule has 0 amide bonds. The maximum Gasteiger partial charge on any atom is 1.00 e. The summed E-state index contributed by atoms with van der Waals surface area (Å²) in [5.74, 6) is 11.9. The molecule has 460 valence electrons. The van der Waals surface area contributed by atoms with Crippen molar-refractivity contribution in [3.63, 3.8) is 0 Å². The van der Waals surface area contributed by atoms with E-state index in [1.54, 1.807) is 24.3 Å². The van der Waals surface area contributed by atoms with Crippen LogP contribution in [-0.2, 0) is 89.5 Å². The summed E-state index contributed by atoms with van der Waals surface area (Å²) < 4.78 is 11.4. The average Bonchev–Trinajstić information content (AvgIpc) is 1.63. The van der Waals surface area contributed by atoms with Crippen LogP contribution in [0, 0.1) is 49.4 Å². The van der Waals surface area contributed by atoms with Crippen molar-refractivity contribution in [2.45, 2.75) is 0 Å². The van der Waals surface area contributed by atoms with Crippen LogP contribution < -0.4 is 42.4 Å². The molecule has 10 heteroatoms. The van der Waals surface area contributed by atoms with Crippen molar-refractivity contribution in [2.24, 2.45) is 0 Å². The minimum absolute atomic E-state index is 0. The molecule has 0 radical (unpaired) electrons. The molecule has 0 fully saturated rings. The molecule has 2 nitrogen and oxygen atoms in total. The van der Waals surface area contributed by atoms with Crippen LogP contribution in [0.3, 0.4) is 0 Å². The quantitative estimate of drug-likeness (QED) is 0.0527. The van der Waals surface area contributed by atoms with Gasteiger partial charge in [-0.1, -0.05) is 170 Å². The van der Waals surface area contributed by atoms with Crippen LogP contribution >= 0.6 is 31.7 Å². The molecule has 2 heterocycles. The zero-order valence-corrected chi connectivity index (χ0v) is 62.1. The number of benzene rings is 12. The number of fused-ring (bicyclic) bond motifs is 6. The molecule has 0 N–H and O–H groups in total. The number of hydrogen-bond acceptors (Lipinski definition) is 2. The Labute approximate surface area is 608 Å². The van der Waals surface area contributed by atoms with Crippen LogP contribution in [0.25, 0.3) is 43.9 Å². The minimum Gasteiger partial charge on any atom is -0.458 e. The molecule has 2 aromatic heterocycles. The summed E-state index contributed by atoms with van der Waals surface area (Å²) in [7, 11) is -3.39. The Kier molecular flexibility index (Phi) is 29.3. The predicted octanol–water partition coefficient (Wildman–Crippen LogP) is 16.3. The molecule has 0 aliphatic heterocycles. The van der Waals surface area contributed by atoms with Crippen molar-refractivity contribution < 1.29 is 98.4 Å². The molecule has 12 aromatic carbocycles. The molecular weight excluding hydrogens is 1930 g/mol. The van der Waals surface area contributed by atoms with Gasteiger partial charge >= 0.3 is 89.5 Å². The van der Waals surface area contributed by atoms with Crippen LogP contribution in [0.5, 0.6) is 0 Å². The van der Waals surface area contributed by atoms with Crippen LogP contribution in [0.15, 0.2) is 324 Å². The molecule has 0 aliphatic carbocycles. The van der Waals surface area contributed by atoms with E-state index in [4.69, 9.17) is 34.5 Å². The van der Waals surface area contributed by atoms with E-state index in [1.165, 1.54) is 54.2 Å². The summed E-state index contributed by atoms with van der Waals surface area (Å²) in [6.45, 7) is 0. The number of hydrogen-bond donors (Lipinski definition) is 0. The fourth-order valence-electron chi connectivity index (χ4n) is 10.8. The Morgan fingerprint density at radius 2 is 0.413 bits per heavy atom. The van der Waals surface area contributed by atoms with Gasteiger partial charge < -0.3 is 34.5 Å². The second-order valence-corrected chi connectivity index (χ2v) is 32.0. The van der Waals surface area contributed by atoms with Crippen molar-refractivity contribution in [1.29, 1.82) is 0 Å². The van der Waals surface area contributed by atoms with Gasteiger partial charge in [-0.15, -0.1) is 58.7 Å². The zero-order chi connectivity index (χ0) is 60.3. The molecule has 0 aliphatic rings. The van der Waals surface area contributed by atoms with Crippen molar-refractivity contribution in [1.82, 2.24) is 0 Å². The Bertz CT molecular complexity index is 4120. The molecule has 0 unspecified atom stereocenters. The smallest absolute Gasteiger partial charge is 0.458 e. The third kappa shape index (κ3) is 18.7. The predicted molar refractivity (Wildman–Crippen MR) is 384 cm³/mol. The van der Waals surface area contributed by atoms with Gasteiger partial charge in [0, 0.05) is 21.5 Å². The first-order valence-electron chi connectivity index (χ1n) is 29.0. The van der Waals surface area contributed by atoms with E-state index >= 15 is 0 Å². The summed E-state index contributed by atoms with van der Waals surface area (Å²) in [4.78, 5) is 0. The van der Waals surface area contributed by atoms with Crippen molar-refractivity contribution in [3.05, 3.63) is 363 Å². The third-order valence-corrected chi connectivity index (χ3v) is 29.1. The van der Waals surface area contributed by atoms with E-state index in [0.717, 1.165) is 55.0 Å². The second kappa shape index (κ2) is 37.2. The van der Waals surface area contributed by atoms with Gasteiger partial charge in [-0.25, -0.2) is 0 Å². The Hall–Kier alpha value is -6.84. The molecule has 0 saturated carbocycles. The summed E-state index contributed by atoms with van der Waals surface area (Å²) in [5.41, 5.74) is 5.86. The van der Waals surface area contributed by atoms with Gasteiger partial charge in [0.15, 0.2) is 11.8 Å². The number of rotatable bonds is 12. The minimum atomic E-state index is -0.847. The Morgan fingerprint density at radius 1 is 0.217 bits per heavy atom. The topological polar surface area (TPSA) is 26.3 Å². The first-order chi connectivity index (χ1) is 43.5.